The number of amides is 2. The van der Waals surface area contributed by atoms with E-state index in [1.807, 2.05) is 41.0 Å². The van der Waals surface area contributed by atoms with Crippen molar-refractivity contribution in [3.05, 3.63) is 53.1 Å². The van der Waals surface area contributed by atoms with E-state index in [-0.39, 0.29) is 17.7 Å². The van der Waals surface area contributed by atoms with E-state index >= 15 is 0 Å². The fourth-order valence-corrected chi connectivity index (χ4v) is 4.71. The van der Waals surface area contributed by atoms with Gasteiger partial charge in [-0.25, -0.2) is 9.97 Å². The number of para-hydroxylation sites is 1. The van der Waals surface area contributed by atoms with Gasteiger partial charge in [0.05, 0.1) is 18.4 Å². The Kier molecular flexibility index (Phi) is 7.02. The number of carbonyl (C=O) groups is 2. The molecule has 0 radical (unpaired) electrons. The van der Waals surface area contributed by atoms with Gasteiger partial charge in [-0.3, -0.25) is 9.59 Å². The first-order valence-corrected chi connectivity index (χ1v) is 11.6. The molecule has 1 unspecified atom stereocenters. The van der Waals surface area contributed by atoms with Gasteiger partial charge in [0.25, 0.3) is 5.91 Å². The summed E-state index contributed by atoms with van der Waals surface area (Å²) < 4.78 is 5.40. The Morgan fingerprint density at radius 2 is 1.84 bits per heavy atom. The highest BCUT2D eigenvalue weighted by atomic mass is 16.5. The lowest BCUT2D eigenvalue weighted by molar-refractivity contribution is -0.132. The number of likely N-dealkylation sites (tertiary alicyclic amines) is 2. The molecule has 2 saturated heterocycles. The van der Waals surface area contributed by atoms with Crippen LogP contribution in [-0.2, 0) is 11.2 Å². The molecule has 1 aromatic heterocycles. The summed E-state index contributed by atoms with van der Waals surface area (Å²) in [4.78, 5) is 38.7. The van der Waals surface area contributed by atoms with Crippen LogP contribution in [0.3, 0.4) is 0 Å². The molecule has 2 fully saturated rings. The van der Waals surface area contributed by atoms with Crippen LogP contribution in [0.25, 0.3) is 0 Å². The van der Waals surface area contributed by atoms with Crippen molar-refractivity contribution in [3.63, 3.8) is 0 Å². The average Bonchev–Trinajstić information content (AvgIpc) is 3.37. The predicted molar refractivity (Wildman–Crippen MR) is 122 cm³/mol. The molecule has 32 heavy (non-hydrogen) atoms. The van der Waals surface area contributed by atoms with Gasteiger partial charge in [-0.05, 0) is 50.7 Å². The van der Waals surface area contributed by atoms with Crippen LogP contribution in [-0.4, -0.2) is 64.9 Å². The lowest BCUT2D eigenvalue weighted by Crippen LogP contribution is -2.39. The molecule has 0 N–H and O–H groups in total. The van der Waals surface area contributed by atoms with E-state index in [0.717, 1.165) is 68.1 Å². The number of aryl methyl sites for hydroxylation is 2. The number of rotatable bonds is 6. The maximum atomic E-state index is 12.9. The summed E-state index contributed by atoms with van der Waals surface area (Å²) in [7, 11) is 1.65. The normalized spacial score (nSPS) is 18.6. The van der Waals surface area contributed by atoms with Crippen molar-refractivity contribution in [2.45, 2.75) is 51.4 Å². The largest absolute Gasteiger partial charge is 0.496 e. The summed E-state index contributed by atoms with van der Waals surface area (Å²) in [6.45, 7) is 4.91. The molecule has 2 aromatic rings. The molecule has 0 saturated carbocycles. The standard InChI is InChI=1S/C25H32N4O3/c1-18-21(25(31)28-13-5-6-14-28)16-26-24(27-18)20-9-7-15-29(17-20)23(30)12-11-19-8-3-4-10-22(19)32-2/h3-4,8,10,16,20H,5-7,9,11-15,17H2,1-2H3. The molecule has 0 aliphatic carbocycles. The SMILES string of the molecule is COc1ccccc1CCC(=O)N1CCCC(c2ncc(C(=O)N3CCCC3)c(C)n2)C1. The quantitative estimate of drug-likeness (QED) is 0.694. The topological polar surface area (TPSA) is 75.6 Å². The third kappa shape index (κ3) is 4.92. The zero-order valence-electron chi connectivity index (χ0n) is 19.0. The summed E-state index contributed by atoms with van der Waals surface area (Å²) in [6, 6.07) is 7.84. The molecule has 7 nitrogen and oxygen atoms in total. The van der Waals surface area contributed by atoms with E-state index in [1.54, 1.807) is 13.3 Å². The average molecular weight is 437 g/mol. The van der Waals surface area contributed by atoms with Gasteiger partial charge in [0.2, 0.25) is 5.91 Å². The van der Waals surface area contributed by atoms with Gasteiger partial charge < -0.3 is 14.5 Å². The van der Waals surface area contributed by atoms with Crippen molar-refractivity contribution in [1.82, 2.24) is 19.8 Å². The van der Waals surface area contributed by atoms with Crippen LogP contribution in [0.1, 0.15) is 65.5 Å². The first-order valence-electron chi connectivity index (χ1n) is 11.6. The number of aromatic nitrogens is 2. The molecule has 0 spiro atoms. The van der Waals surface area contributed by atoms with Crippen LogP contribution in [0.4, 0.5) is 0 Å². The second-order valence-corrected chi connectivity index (χ2v) is 8.72. The van der Waals surface area contributed by atoms with Gasteiger partial charge in [-0.2, -0.15) is 0 Å². The molecule has 1 atom stereocenters. The van der Waals surface area contributed by atoms with Crippen LogP contribution in [0.15, 0.2) is 30.5 Å². The second kappa shape index (κ2) is 10.1. The van der Waals surface area contributed by atoms with Crippen molar-refractivity contribution in [3.8, 4) is 5.75 Å². The summed E-state index contributed by atoms with van der Waals surface area (Å²) >= 11 is 0. The Morgan fingerprint density at radius 3 is 2.59 bits per heavy atom. The van der Waals surface area contributed by atoms with Crippen molar-refractivity contribution in [1.29, 1.82) is 0 Å². The van der Waals surface area contributed by atoms with E-state index in [1.165, 1.54) is 0 Å². The van der Waals surface area contributed by atoms with Crippen LogP contribution < -0.4 is 4.74 Å². The molecule has 2 amide bonds. The maximum Gasteiger partial charge on any atom is 0.257 e. The summed E-state index contributed by atoms with van der Waals surface area (Å²) in [6.07, 6.45) is 6.81. The predicted octanol–water partition coefficient (Wildman–Crippen LogP) is 3.37. The highest BCUT2D eigenvalue weighted by molar-refractivity contribution is 5.95. The van der Waals surface area contributed by atoms with Gasteiger partial charge in [0.15, 0.2) is 0 Å². The minimum Gasteiger partial charge on any atom is -0.496 e. The minimum atomic E-state index is 0.0309. The van der Waals surface area contributed by atoms with Crippen molar-refractivity contribution < 1.29 is 14.3 Å². The number of methoxy groups -OCH3 is 1. The fourth-order valence-electron chi connectivity index (χ4n) is 4.71. The number of piperidine rings is 1. The fraction of sp³-hybridized carbons (Fsp3) is 0.520. The monoisotopic (exact) mass is 436 g/mol. The third-order valence-corrected chi connectivity index (χ3v) is 6.56. The van der Waals surface area contributed by atoms with Crippen LogP contribution in [0.5, 0.6) is 5.75 Å². The number of nitrogens with zero attached hydrogens (tertiary/aromatic N) is 4. The first kappa shape index (κ1) is 22.2. The molecule has 1 aromatic carbocycles. The molecule has 7 heteroatoms. The third-order valence-electron chi connectivity index (χ3n) is 6.56. The number of hydrogen-bond donors (Lipinski definition) is 0. The molecule has 3 heterocycles. The van der Waals surface area contributed by atoms with Crippen LogP contribution in [0, 0.1) is 6.92 Å². The summed E-state index contributed by atoms with van der Waals surface area (Å²) in [5.74, 6) is 1.85. The molecule has 170 valence electrons. The van der Waals surface area contributed by atoms with Gasteiger partial charge in [-0.15, -0.1) is 0 Å². The smallest absolute Gasteiger partial charge is 0.257 e. The lowest BCUT2D eigenvalue weighted by Gasteiger charge is -2.32. The molecule has 2 aliphatic rings. The number of benzene rings is 1. The van der Waals surface area contributed by atoms with E-state index < -0.39 is 0 Å². The second-order valence-electron chi connectivity index (χ2n) is 8.72. The Balaban J connectivity index is 1.38. The van der Waals surface area contributed by atoms with E-state index in [2.05, 4.69) is 9.97 Å². The van der Waals surface area contributed by atoms with Crippen molar-refractivity contribution >= 4 is 11.8 Å². The number of hydrogen-bond acceptors (Lipinski definition) is 5. The Labute approximate surface area is 189 Å². The van der Waals surface area contributed by atoms with Crippen LogP contribution in [0.2, 0.25) is 0 Å². The molecular weight excluding hydrogens is 404 g/mol. The minimum absolute atomic E-state index is 0.0309. The zero-order chi connectivity index (χ0) is 22.5. The van der Waals surface area contributed by atoms with Gasteiger partial charge in [0, 0.05) is 44.7 Å². The Bertz CT molecular complexity index is 971. The molecule has 2 aliphatic heterocycles. The molecular formula is C25H32N4O3. The highest BCUT2D eigenvalue weighted by Crippen LogP contribution is 2.27. The van der Waals surface area contributed by atoms with E-state index in [0.29, 0.717) is 24.9 Å². The Morgan fingerprint density at radius 1 is 1.09 bits per heavy atom. The molecule has 4 rings (SSSR count). The van der Waals surface area contributed by atoms with E-state index in [4.69, 9.17) is 4.74 Å². The number of carbonyl (C=O) groups excluding carboxylic acids is 2. The van der Waals surface area contributed by atoms with Crippen molar-refractivity contribution in [2.24, 2.45) is 0 Å². The summed E-state index contributed by atoms with van der Waals surface area (Å²) in [5, 5.41) is 0. The lowest BCUT2D eigenvalue weighted by atomic mass is 9.96. The van der Waals surface area contributed by atoms with E-state index in [9.17, 15) is 9.59 Å². The highest BCUT2D eigenvalue weighted by Gasteiger charge is 2.28. The summed E-state index contributed by atoms with van der Waals surface area (Å²) in [5.41, 5.74) is 2.37. The van der Waals surface area contributed by atoms with Crippen molar-refractivity contribution in [2.75, 3.05) is 33.3 Å². The maximum absolute atomic E-state index is 12.9. The zero-order valence-corrected chi connectivity index (χ0v) is 19.0. The van der Waals surface area contributed by atoms with Crippen LogP contribution >= 0.6 is 0 Å². The first-order chi connectivity index (χ1) is 15.6. The molecule has 0 bridgehead atoms. The number of ether oxygens (including phenoxy) is 1. The van der Waals surface area contributed by atoms with Gasteiger partial charge in [-0.1, -0.05) is 18.2 Å². The van der Waals surface area contributed by atoms with Gasteiger partial charge in [0.1, 0.15) is 11.6 Å². The van der Waals surface area contributed by atoms with Gasteiger partial charge >= 0.3 is 0 Å². The Hall–Kier alpha value is -2.96.